The highest BCUT2D eigenvalue weighted by Gasteiger charge is 2.18. The lowest BCUT2D eigenvalue weighted by Gasteiger charge is -2.21. The molecule has 0 fully saturated rings. The molecule has 52 heavy (non-hydrogen) atoms. The lowest BCUT2D eigenvalue weighted by Crippen LogP contribution is -2.22. The molecule has 10 heteroatoms. The fourth-order valence-electron chi connectivity index (χ4n) is 6.43. The van der Waals surface area contributed by atoms with Crippen molar-refractivity contribution in [3.63, 3.8) is 0 Å². The second kappa shape index (κ2) is 16.8. The average Bonchev–Trinajstić information content (AvgIpc) is 3.14. The van der Waals surface area contributed by atoms with Crippen LogP contribution in [0.15, 0.2) is 48.5 Å². The van der Waals surface area contributed by atoms with Crippen LogP contribution in [0, 0.1) is 41.5 Å². The SMILES string of the molecule is Cc1nc(C)c(COc2ccc(/C=C/C(=O)NCCCCNc3c4c(nc5ccccc35)CCCC4)cc2OCc2nc(C)c(C)nc2C)nc1C. The third-order valence-electron chi connectivity index (χ3n) is 9.66. The molecule has 270 valence electrons. The Bertz CT molecular complexity index is 2110. The molecule has 3 aromatic heterocycles. The van der Waals surface area contributed by atoms with Crippen LogP contribution >= 0.6 is 0 Å². The summed E-state index contributed by atoms with van der Waals surface area (Å²) in [5, 5.41) is 7.93. The van der Waals surface area contributed by atoms with E-state index in [9.17, 15) is 4.79 Å². The zero-order valence-corrected chi connectivity index (χ0v) is 31.2. The van der Waals surface area contributed by atoms with Crippen LogP contribution in [-0.2, 0) is 30.8 Å². The molecule has 1 amide bonds. The first-order valence-electron chi connectivity index (χ1n) is 18.3. The van der Waals surface area contributed by atoms with Gasteiger partial charge in [-0.1, -0.05) is 24.3 Å². The standard InChI is InChI=1S/C42H49N7O3/c1-26-28(3)47-37(30(5)45-26)24-51-39-19-17-32(23-40(39)52-25-38-31(6)46-27(2)29(4)48-38)18-20-41(50)43-21-11-12-22-44-42-33-13-7-9-15-35(33)49-36-16-10-8-14-34(36)42/h7,9,13,15,17-20,23H,8,10-12,14,16,21-22,24-25H2,1-6H3,(H,43,50)(H,44,49)/b20-18+. The lowest BCUT2D eigenvalue weighted by atomic mass is 9.92. The molecule has 0 spiro atoms. The van der Waals surface area contributed by atoms with E-state index >= 15 is 0 Å². The first-order valence-corrected chi connectivity index (χ1v) is 18.3. The zero-order chi connectivity index (χ0) is 36.6. The van der Waals surface area contributed by atoms with Crippen LogP contribution in [0.3, 0.4) is 0 Å². The largest absolute Gasteiger partial charge is 0.483 e. The molecule has 6 rings (SSSR count). The maximum atomic E-state index is 12.8. The van der Waals surface area contributed by atoms with Gasteiger partial charge in [-0.25, -0.2) is 0 Å². The number of para-hydroxylation sites is 1. The number of nitrogens with zero attached hydrogens (tertiary/aromatic N) is 5. The molecule has 0 bridgehead atoms. The highest BCUT2D eigenvalue weighted by molar-refractivity contribution is 5.93. The number of carbonyl (C=O) groups excluding carboxylic acids is 1. The fraction of sp³-hybridized carbons (Fsp3) is 0.381. The number of fused-ring (bicyclic) bond motifs is 2. The third kappa shape index (κ3) is 8.91. The topological polar surface area (TPSA) is 124 Å². The molecule has 5 aromatic rings. The van der Waals surface area contributed by atoms with Crippen molar-refractivity contribution >= 4 is 28.6 Å². The van der Waals surface area contributed by atoms with Crippen molar-refractivity contribution in [1.82, 2.24) is 30.2 Å². The number of rotatable bonds is 14. The van der Waals surface area contributed by atoms with E-state index in [2.05, 4.69) is 49.9 Å². The van der Waals surface area contributed by atoms with Crippen LogP contribution < -0.4 is 20.1 Å². The van der Waals surface area contributed by atoms with Gasteiger partial charge in [-0.15, -0.1) is 0 Å². The first kappa shape index (κ1) is 36.4. The number of pyridine rings is 1. The number of aryl methyl sites for hydroxylation is 7. The second-order valence-corrected chi connectivity index (χ2v) is 13.5. The highest BCUT2D eigenvalue weighted by Crippen LogP contribution is 2.34. The molecular formula is C42H49N7O3. The van der Waals surface area contributed by atoms with Crippen LogP contribution in [0.25, 0.3) is 17.0 Å². The second-order valence-electron chi connectivity index (χ2n) is 13.5. The third-order valence-corrected chi connectivity index (χ3v) is 9.66. The first-order chi connectivity index (χ1) is 25.2. The van der Waals surface area contributed by atoms with E-state index in [-0.39, 0.29) is 19.1 Å². The van der Waals surface area contributed by atoms with Crippen LogP contribution in [0.5, 0.6) is 11.5 Å². The van der Waals surface area contributed by atoms with Crippen molar-refractivity contribution in [1.29, 1.82) is 0 Å². The Hall–Kier alpha value is -5.38. The number of nitrogens with one attached hydrogen (secondary N) is 2. The Kier molecular flexibility index (Phi) is 11.7. The van der Waals surface area contributed by atoms with E-state index in [1.165, 1.54) is 35.2 Å². The van der Waals surface area contributed by atoms with Gasteiger partial charge >= 0.3 is 0 Å². The maximum Gasteiger partial charge on any atom is 0.243 e. The van der Waals surface area contributed by atoms with E-state index in [4.69, 9.17) is 19.4 Å². The number of carbonyl (C=O) groups is 1. The van der Waals surface area contributed by atoms with Gasteiger partial charge in [0.2, 0.25) is 5.91 Å². The molecule has 0 aliphatic heterocycles. The molecule has 0 radical (unpaired) electrons. The predicted octanol–water partition coefficient (Wildman–Crippen LogP) is 7.72. The Labute approximate surface area is 306 Å². The van der Waals surface area contributed by atoms with Gasteiger partial charge in [0.1, 0.15) is 13.2 Å². The monoisotopic (exact) mass is 699 g/mol. The maximum absolute atomic E-state index is 12.8. The van der Waals surface area contributed by atoms with Gasteiger partial charge in [0, 0.05) is 35.9 Å². The summed E-state index contributed by atoms with van der Waals surface area (Å²) in [6.07, 6.45) is 9.68. The summed E-state index contributed by atoms with van der Waals surface area (Å²) in [4.78, 5) is 36.3. The van der Waals surface area contributed by atoms with Crippen molar-refractivity contribution in [2.24, 2.45) is 0 Å². The van der Waals surface area contributed by atoms with Gasteiger partial charge < -0.3 is 20.1 Å². The molecule has 2 aromatic carbocycles. The molecule has 3 heterocycles. The molecule has 0 saturated carbocycles. The Morgan fingerprint density at radius 3 is 2.08 bits per heavy atom. The van der Waals surface area contributed by atoms with Crippen molar-refractivity contribution < 1.29 is 14.3 Å². The van der Waals surface area contributed by atoms with Gasteiger partial charge in [-0.3, -0.25) is 29.7 Å². The van der Waals surface area contributed by atoms with E-state index in [0.717, 1.165) is 88.9 Å². The smallest absolute Gasteiger partial charge is 0.243 e. The minimum Gasteiger partial charge on any atom is -0.483 e. The molecule has 1 aliphatic rings. The Morgan fingerprint density at radius 1 is 0.712 bits per heavy atom. The summed E-state index contributed by atoms with van der Waals surface area (Å²) in [5.41, 5.74) is 12.4. The van der Waals surface area contributed by atoms with E-state index in [0.29, 0.717) is 18.0 Å². The van der Waals surface area contributed by atoms with Crippen molar-refractivity contribution in [2.75, 3.05) is 18.4 Å². The average molecular weight is 700 g/mol. The molecule has 2 N–H and O–H groups in total. The molecule has 0 atom stereocenters. The van der Waals surface area contributed by atoms with E-state index in [1.54, 1.807) is 12.2 Å². The van der Waals surface area contributed by atoms with Gasteiger partial charge in [-0.05, 0) is 115 Å². The number of hydrogen-bond acceptors (Lipinski definition) is 9. The summed E-state index contributed by atoms with van der Waals surface area (Å²) in [6, 6.07) is 14.0. The van der Waals surface area contributed by atoms with Crippen LogP contribution in [0.4, 0.5) is 5.69 Å². The summed E-state index contributed by atoms with van der Waals surface area (Å²) >= 11 is 0. The van der Waals surface area contributed by atoms with Gasteiger partial charge in [0.25, 0.3) is 0 Å². The molecule has 10 nitrogen and oxygen atoms in total. The van der Waals surface area contributed by atoms with Gasteiger partial charge in [-0.2, -0.15) is 0 Å². The molecular weight excluding hydrogens is 651 g/mol. The normalized spacial score (nSPS) is 12.6. The number of unbranched alkanes of at least 4 members (excludes halogenated alkanes) is 1. The fourth-order valence-corrected chi connectivity index (χ4v) is 6.43. The Morgan fingerprint density at radius 2 is 1.35 bits per heavy atom. The number of anilines is 1. The number of benzene rings is 2. The molecule has 0 unspecified atom stereocenters. The summed E-state index contributed by atoms with van der Waals surface area (Å²) in [7, 11) is 0. The zero-order valence-electron chi connectivity index (χ0n) is 31.2. The van der Waals surface area contributed by atoms with Crippen molar-refractivity contribution in [3.8, 4) is 11.5 Å². The van der Waals surface area contributed by atoms with Gasteiger partial charge in [0.05, 0.1) is 51.1 Å². The Balaban J connectivity index is 1.05. The van der Waals surface area contributed by atoms with Crippen LogP contribution in [0.1, 0.15) is 88.1 Å². The van der Waals surface area contributed by atoms with Crippen LogP contribution in [-0.4, -0.2) is 43.9 Å². The van der Waals surface area contributed by atoms with Crippen molar-refractivity contribution in [2.45, 2.75) is 93.3 Å². The van der Waals surface area contributed by atoms with E-state index < -0.39 is 0 Å². The quantitative estimate of drug-likeness (QED) is 0.0886. The van der Waals surface area contributed by atoms with Crippen molar-refractivity contribution in [3.05, 3.63) is 111 Å². The minimum atomic E-state index is -0.144. The molecule has 0 saturated heterocycles. The summed E-state index contributed by atoms with van der Waals surface area (Å²) in [6.45, 7) is 13.5. The van der Waals surface area contributed by atoms with E-state index in [1.807, 2.05) is 59.7 Å². The predicted molar refractivity (Wildman–Crippen MR) is 206 cm³/mol. The number of aromatic nitrogens is 5. The number of amides is 1. The lowest BCUT2D eigenvalue weighted by molar-refractivity contribution is -0.116. The van der Waals surface area contributed by atoms with Gasteiger partial charge in [0.15, 0.2) is 11.5 Å². The summed E-state index contributed by atoms with van der Waals surface area (Å²) < 4.78 is 12.5. The van der Waals surface area contributed by atoms with Crippen LogP contribution in [0.2, 0.25) is 0 Å². The number of hydrogen-bond donors (Lipinski definition) is 2. The molecule has 1 aliphatic carbocycles. The minimum absolute atomic E-state index is 0.144. The summed E-state index contributed by atoms with van der Waals surface area (Å²) in [5.74, 6) is 0.950. The highest BCUT2D eigenvalue weighted by atomic mass is 16.5. The number of ether oxygens (including phenoxy) is 2.